The molecule has 0 unspecified atom stereocenters. The summed E-state index contributed by atoms with van der Waals surface area (Å²) in [5.74, 6) is 0.915. The molecule has 6 rings (SSSR count). The number of hydrogen-bond donors (Lipinski definition) is 0. The molecule has 0 amide bonds. The van der Waals surface area contributed by atoms with Gasteiger partial charge in [-0.2, -0.15) is 5.26 Å². The summed E-state index contributed by atoms with van der Waals surface area (Å²) in [6.45, 7) is 7.14. The molecule has 166 valence electrons. The van der Waals surface area contributed by atoms with Crippen LogP contribution in [0.1, 0.15) is 30.5 Å². The number of hydrogen-bond acceptors (Lipinski definition) is 3. The molecule has 0 fully saturated rings. The number of aryl methyl sites for hydroxylation is 2. The molecule has 0 radical (unpaired) electrons. The number of rotatable bonds is 2. The van der Waals surface area contributed by atoms with E-state index in [-0.39, 0.29) is 5.41 Å². The van der Waals surface area contributed by atoms with Gasteiger partial charge in [0.15, 0.2) is 6.20 Å². The number of furan rings is 1. The van der Waals surface area contributed by atoms with Crippen LogP contribution in [0.15, 0.2) is 71.3 Å². The number of benzene rings is 3. The highest BCUT2D eigenvalue weighted by atomic mass is 16.5. The van der Waals surface area contributed by atoms with Gasteiger partial charge in [0.05, 0.1) is 23.8 Å². The van der Waals surface area contributed by atoms with Gasteiger partial charge in [-0.3, -0.25) is 0 Å². The van der Waals surface area contributed by atoms with E-state index in [0.717, 1.165) is 61.2 Å². The molecule has 34 heavy (non-hydrogen) atoms. The fraction of sp³-hybridized carbons (Fsp3) is 0.200. The normalized spacial score (nSPS) is 14.2. The Morgan fingerprint density at radius 2 is 1.71 bits per heavy atom. The summed E-state index contributed by atoms with van der Waals surface area (Å²) in [4.78, 5) is 0. The third-order valence-corrected chi connectivity index (χ3v) is 7.04. The molecule has 4 nitrogen and oxygen atoms in total. The lowest BCUT2D eigenvalue weighted by molar-refractivity contribution is -0.660. The van der Waals surface area contributed by atoms with Crippen LogP contribution in [0.4, 0.5) is 0 Å². The van der Waals surface area contributed by atoms with Crippen LogP contribution in [0.3, 0.4) is 0 Å². The number of nitriles is 1. The fourth-order valence-corrected chi connectivity index (χ4v) is 5.16. The van der Waals surface area contributed by atoms with E-state index in [0.29, 0.717) is 12.2 Å². The number of aromatic nitrogens is 1. The van der Waals surface area contributed by atoms with Gasteiger partial charge in [0.2, 0.25) is 5.69 Å². The Kier molecular flexibility index (Phi) is 4.34. The largest absolute Gasteiger partial charge is 0.492 e. The summed E-state index contributed by atoms with van der Waals surface area (Å²) in [6, 6.07) is 23.0. The minimum absolute atomic E-state index is 0.0771. The Labute approximate surface area is 198 Å². The van der Waals surface area contributed by atoms with E-state index in [2.05, 4.69) is 55.7 Å². The minimum Gasteiger partial charge on any atom is -0.492 e. The van der Waals surface area contributed by atoms with Crippen molar-refractivity contribution in [3.63, 3.8) is 0 Å². The lowest BCUT2D eigenvalue weighted by Crippen LogP contribution is -2.30. The first-order valence-electron chi connectivity index (χ1n) is 11.5. The van der Waals surface area contributed by atoms with Gasteiger partial charge in [0.1, 0.15) is 24.0 Å². The smallest absolute Gasteiger partial charge is 0.216 e. The zero-order valence-corrected chi connectivity index (χ0v) is 19.8. The highest BCUT2D eigenvalue weighted by Gasteiger charge is 2.32. The van der Waals surface area contributed by atoms with E-state index in [1.54, 1.807) is 0 Å². The maximum absolute atomic E-state index is 10.0. The van der Waals surface area contributed by atoms with Crippen molar-refractivity contribution in [1.29, 1.82) is 5.26 Å². The van der Waals surface area contributed by atoms with Gasteiger partial charge in [0, 0.05) is 39.4 Å². The van der Waals surface area contributed by atoms with Gasteiger partial charge in [-0.25, -0.2) is 4.57 Å². The van der Waals surface area contributed by atoms with Gasteiger partial charge >= 0.3 is 0 Å². The molecule has 4 heteroatoms. The Morgan fingerprint density at radius 3 is 2.47 bits per heavy atom. The molecule has 3 aromatic carbocycles. The van der Waals surface area contributed by atoms with Crippen LogP contribution in [-0.2, 0) is 12.5 Å². The van der Waals surface area contributed by atoms with Crippen molar-refractivity contribution in [2.75, 3.05) is 6.61 Å². The molecule has 0 saturated carbocycles. The van der Waals surface area contributed by atoms with Crippen LogP contribution in [0.2, 0.25) is 0 Å². The summed E-state index contributed by atoms with van der Waals surface area (Å²) in [7, 11) is 2.05. The number of ether oxygens (including phenoxy) is 1. The molecule has 0 saturated heterocycles. The molecule has 0 bridgehead atoms. The molecule has 2 aromatic heterocycles. The minimum atomic E-state index is -0.0771. The van der Waals surface area contributed by atoms with E-state index < -0.39 is 0 Å². The zero-order chi connectivity index (χ0) is 23.6. The molecular weight excluding hydrogens is 420 g/mol. The van der Waals surface area contributed by atoms with Crippen LogP contribution in [-0.4, -0.2) is 6.61 Å². The van der Waals surface area contributed by atoms with Crippen LogP contribution < -0.4 is 9.30 Å². The highest BCUT2D eigenvalue weighted by molar-refractivity contribution is 6.14. The molecule has 3 heterocycles. The van der Waals surface area contributed by atoms with E-state index >= 15 is 0 Å². The Morgan fingerprint density at radius 1 is 0.941 bits per heavy atom. The summed E-state index contributed by atoms with van der Waals surface area (Å²) in [5, 5.41) is 12.1. The zero-order valence-electron chi connectivity index (χ0n) is 19.8. The van der Waals surface area contributed by atoms with E-state index in [1.807, 2.05) is 49.6 Å². The van der Waals surface area contributed by atoms with E-state index in [9.17, 15) is 5.26 Å². The lowest BCUT2D eigenvalue weighted by atomic mass is 9.85. The van der Waals surface area contributed by atoms with Crippen LogP contribution in [0, 0.1) is 18.3 Å². The van der Waals surface area contributed by atoms with E-state index in [1.165, 1.54) is 0 Å². The van der Waals surface area contributed by atoms with Crippen molar-refractivity contribution in [1.82, 2.24) is 0 Å². The van der Waals surface area contributed by atoms with Gasteiger partial charge < -0.3 is 9.15 Å². The van der Waals surface area contributed by atoms with Crippen LogP contribution in [0.25, 0.3) is 44.3 Å². The first-order valence-corrected chi connectivity index (χ1v) is 11.5. The van der Waals surface area contributed by atoms with Crippen LogP contribution >= 0.6 is 0 Å². The molecular formula is C30H25N2O2+. The third kappa shape index (κ3) is 2.87. The topological polar surface area (TPSA) is 50.0 Å². The maximum Gasteiger partial charge on any atom is 0.216 e. The molecule has 1 aliphatic heterocycles. The van der Waals surface area contributed by atoms with E-state index in [4.69, 9.17) is 9.15 Å². The van der Waals surface area contributed by atoms with Gasteiger partial charge in [0.25, 0.3) is 0 Å². The fourth-order valence-electron chi connectivity index (χ4n) is 5.16. The maximum atomic E-state index is 10.0. The second-order valence-corrected chi connectivity index (χ2v) is 9.79. The second-order valence-electron chi connectivity index (χ2n) is 9.79. The summed E-state index contributed by atoms with van der Waals surface area (Å²) < 4.78 is 14.7. The van der Waals surface area contributed by atoms with Crippen LogP contribution in [0.5, 0.6) is 5.75 Å². The average Bonchev–Trinajstić information content (AvgIpc) is 3.35. The standard InChI is InChI=1S/C30H25N2O2/c1-18-8-11-21-22-12-9-20(16-31)27(19-10-13-25-23(15-19)30(2,3)17-33-25)29(22)34-28(21)26(18)24-7-5-6-14-32(24)4/h5-15H,17H2,1-4H3/q+1. The number of fused-ring (bicyclic) bond motifs is 4. The van der Waals surface area contributed by atoms with Crippen molar-refractivity contribution in [2.45, 2.75) is 26.2 Å². The van der Waals surface area contributed by atoms with Crippen molar-refractivity contribution < 1.29 is 13.7 Å². The third-order valence-electron chi connectivity index (χ3n) is 7.04. The first-order chi connectivity index (χ1) is 16.4. The predicted molar refractivity (Wildman–Crippen MR) is 134 cm³/mol. The highest BCUT2D eigenvalue weighted by Crippen LogP contribution is 2.45. The molecule has 0 N–H and O–H groups in total. The quantitative estimate of drug-likeness (QED) is 0.288. The first kappa shape index (κ1) is 20.5. The average molecular weight is 446 g/mol. The predicted octanol–water partition coefficient (Wildman–Crippen LogP) is 6.59. The molecule has 1 aliphatic rings. The molecule has 0 spiro atoms. The summed E-state index contributed by atoms with van der Waals surface area (Å²) in [6.07, 6.45) is 2.05. The van der Waals surface area contributed by atoms with Gasteiger partial charge in [-0.15, -0.1) is 0 Å². The second kappa shape index (κ2) is 7.20. The summed E-state index contributed by atoms with van der Waals surface area (Å²) in [5.41, 5.74) is 8.40. The molecule has 0 aliphatic carbocycles. The Hall–Kier alpha value is -4.10. The summed E-state index contributed by atoms with van der Waals surface area (Å²) >= 11 is 0. The SMILES string of the molecule is Cc1ccc2c(oc3c(-c4ccc5c(c4)C(C)(C)CO5)c(C#N)ccc32)c1-c1cccc[n+]1C. The lowest BCUT2D eigenvalue weighted by Gasteiger charge is -2.16. The van der Waals surface area contributed by atoms with Gasteiger partial charge in [-0.05, 0) is 48.4 Å². The molecule has 5 aromatic rings. The Bertz CT molecular complexity index is 1670. The van der Waals surface area contributed by atoms with Gasteiger partial charge in [-0.1, -0.05) is 32.0 Å². The number of nitrogens with zero attached hydrogens (tertiary/aromatic N) is 2. The van der Waals surface area contributed by atoms with Crippen molar-refractivity contribution in [2.24, 2.45) is 7.05 Å². The Balaban J connectivity index is 1.70. The molecule has 0 atom stereocenters. The van der Waals surface area contributed by atoms with Crippen molar-refractivity contribution >= 4 is 21.9 Å². The monoisotopic (exact) mass is 445 g/mol. The van der Waals surface area contributed by atoms with Crippen molar-refractivity contribution in [3.8, 4) is 34.2 Å². The van der Waals surface area contributed by atoms with Crippen molar-refractivity contribution in [3.05, 3.63) is 83.6 Å². The number of pyridine rings is 1.